The topological polar surface area (TPSA) is 102 Å². The first-order valence-corrected chi connectivity index (χ1v) is 9.73. The molecule has 0 radical (unpaired) electrons. The second kappa shape index (κ2) is 6.77. The van der Waals surface area contributed by atoms with Crippen LogP contribution in [0.4, 0.5) is 6.01 Å². The van der Waals surface area contributed by atoms with E-state index < -0.39 is 15.7 Å². The molecule has 3 rings (SSSR count). The number of amides is 1. The van der Waals surface area contributed by atoms with Crippen molar-refractivity contribution in [1.82, 2.24) is 10.2 Å². The molecule has 0 aliphatic heterocycles. The molecule has 0 unspecified atom stereocenters. The Balaban J connectivity index is 1.84. The molecule has 1 N–H and O–H groups in total. The Hall–Kier alpha value is -2.52. The van der Waals surface area contributed by atoms with Crippen molar-refractivity contribution in [2.24, 2.45) is 0 Å². The molecular weight excluding hydrogens is 410 g/mol. The fraction of sp³-hybridized carbons (Fsp3) is 0.0625. The molecule has 25 heavy (non-hydrogen) atoms. The molecule has 0 saturated heterocycles. The highest BCUT2D eigenvalue weighted by atomic mass is 79.9. The number of rotatable bonds is 4. The molecule has 1 amide bonds. The molecule has 0 aliphatic carbocycles. The molecule has 0 saturated carbocycles. The highest BCUT2D eigenvalue weighted by Gasteiger charge is 2.16. The van der Waals surface area contributed by atoms with Gasteiger partial charge in [0.25, 0.3) is 5.91 Å². The van der Waals surface area contributed by atoms with Crippen molar-refractivity contribution in [2.75, 3.05) is 11.6 Å². The van der Waals surface area contributed by atoms with Gasteiger partial charge < -0.3 is 4.42 Å². The summed E-state index contributed by atoms with van der Waals surface area (Å²) >= 11 is 3.29. The number of sulfone groups is 1. The van der Waals surface area contributed by atoms with Crippen LogP contribution in [0.15, 0.2) is 62.3 Å². The van der Waals surface area contributed by atoms with Gasteiger partial charge in [0.15, 0.2) is 9.84 Å². The van der Waals surface area contributed by atoms with Gasteiger partial charge in [-0.1, -0.05) is 23.3 Å². The average Bonchev–Trinajstić information content (AvgIpc) is 3.03. The van der Waals surface area contributed by atoms with Crippen molar-refractivity contribution < 1.29 is 17.6 Å². The van der Waals surface area contributed by atoms with Gasteiger partial charge >= 0.3 is 6.01 Å². The lowest BCUT2D eigenvalue weighted by molar-refractivity contribution is 0.102. The van der Waals surface area contributed by atoms with Gasteiger partial charge in [-0.3, -0.25) is 10.1 Å². The summed E-state index contributed by atoms with van der Waals surface area (Å²) in [7, 11) is -3.35. The summed E-state index contributed by atoms with van der Waals surface area (Å²) in [5.41, 5.74) is 0.859. The number of carbonyl (C=O) groups excluding carboxylic acids is 1. The quantitative estimate of drug-likeness (QED) is 0.693. The molecule has 3 aromatic rings. The van der Waals surface area contributed by atoms with Gasteiger partial charge in [0, 0.05) is 16.3 Å². The largest absolute Gasteiger partial charge is 0.403 e. The number of anilines is 1. The van der Waals surface area contributed by atoms with E-state index in [2.05, 4.69) is 31.4 Å². The van der Waals surface area contributed by atoms with Crippen molar-refractivity contribution in [3.63, 3.8) is 0 Å². The average molecular weight is 422 g/mol. The molecular formula is C16H12BrN3O4S. The zero-order valence-electron chi connectivity index (χ0n) is 12.9. The van der Waals surface area contributed by atoms with Crippen LogP contribution in [0.25, 0.3) is 11.5 Å². The Morgan fingerprint density at radius 1 is 1.12 bits per heavy atom. The molecule has 1 heterocycles. The number of nitrogens with one attached hydrogen (secondary N) is 1. The minimum Gasteiger partial charge on any atom is -0.403 e. The van der Waals surface area contributed by atoms with E-state index in [-0.39, 0.29) is 16.8 Å². The summed E-state index contributed by atoms with van der Waals surface area (Å²) in [5, 5.41) is 10.1. The maximum atomic E-state index is 12.2. The van der Waals surface area contributed by atoms with Crippen LogP contribution in [0, 0.1) is 0 Å². The predicted octanol–water partition coefficient (Wildman–Crippen LogP) is 3.15. The normalized spacial score (nSPS) is 11.3. The van der Waals surface area contributed by atoms with E-state index in [0.29, 0.717) is 15.6 Å². The van der Waals surface area contributed by atoms with Crippen LogP contribution in [0.2, 0.25) is 0 Å². The Bertz CT molecular complexity index is 1050. The zero-order valence-corrected chi connectivity index (χ0v) is 15.3. The number of nitrogens with zero attached hydrogens (tertiary/aromatic N) is 2. The van der Waals surface area contributed by atoms with Crippen molar-refractivity contribution >= 4 is 37.7 Å². The van der Waals surface area contributed by atoms with Crippen LogP contribution in [0.1, 0.15) is 10.4 Å². The first-order valence-electron chi connectivity index (χ1n) is 7.04. The number of hydrogen-bond donors (Lipinski definition) is 1. The van der Waals surface area contributed by atoms with E-state index in [1.165, 1.54) is 12.1 Å². The van der Waals surface area contributed by atoms with Crippen LogP contribution < -0.4 is 5.32 Å². The summed E-state index contributed by atoms with van der Waals surface area (Å²) in [6.07, 6.45) is 1.11. The summed E-state index contributed by atoms with van der Waals surface area (Å²) < 4.78 is 29.3. The smallest absolute Gasteiger partial charge is 0.322 e. The monoisotopic (exact) mass is 421 g/mol. The second-order valence-corrected chi connectivity index (χ2v) is 8.02. The van der Waals surface area contributed by atoms with Crippen LogP contribution in [-0.4, -0.2) is 30.8 Å². The van der Waals surface area contributed by atoms with Gasteiger partial charge in [-0.05, 0) is 46.3 Å². The SMILES string of the molecule is CS(=O)(=O)c1cccc(-c2nnc(NC(=O)c3ccccc3Br)o2)c1. The lowest BCUT2D eigenvalue weighted by Crippen LogP contribution is -2.12. The van der Waals surface area contributed by atoms with E-state index in [9.17, 15) is 13.2 Å². The molecule has 0 aliphatic rings. The van der Waals surface area contributed by atoms with Crippen LogP contribution in [0.3, 0.4) is 0 Å². The highest BCUT2D eigenvalue weighted by molar-refractivity contribution is 9.10. The molecule has 2 aromatic carbocycles. The van der Waals surface area contributed by atoms with Crippen LogP contribution >= 0.6 is 15.9 Å². The zero-order chi connectivity index (χ0) is 18.0. The van der Waals surface area contributed by atoms with E-state index in [4.69, 9.17) is 4.42 Å². The molecule has 0 bridgehead atoms. The fourth-order valence-electron chi connectivity index (χ4n) is 2.06. The minimum atomic E-state index is -3.35. The maximum Gasteiger partial charge on any atom is 0.322 e. The Morgan fingerprint density at radius 3 is 2.60 bits per heavy atom. The van der Waals surface area contributed by atoms with Gasteiger partial charge in [0.2, 0.25) is 5.89 Å². The molecule has 0 fully saturated rings. The number of aromatic nitrogens is 2. The highest BCUT2D eigenvalue weighted by Crippen LogP contribution is 2.23. The van der Waals surface area contributed by atoms with Gasteiger partial charge in [0.1, 0.15) is 0 Å². The number of benzene rings is 2. The number of halogens is 1. The molecule has 128 valence electrons. The Kier molecular flexibility index (Phi) is 4.69. The molecule has 7 nitrogen and oxygen atoms in total. The Morgan fingerprint density at radius 2 is 1.88 bits per heavy atom. The van der Waals surface area contributed by atoms with E-state index in [0.717, 1.165) is 6.26 Å². The van der Waals surface area contributed by atoms with Crippen molar-refractivity contribution in [3.8, 4) is 11.5 Å². The van der Waals surface area contributed by atoms with Crippen molar-refractivity contribution in [3.05, 3.63) is 58.6 Å². The third-order valence-electron chi connectivity index (χ3n) is 3.27. The summed E-state index contributed by atoms with van der Waals surface area (Å²) in [4.78, 5) is 12.4. The van der Waals surface area contributed by atoms with Gasteiger partial charge in [-0.2, -0.15) is 0 Å². The standard InChI is InChI=1S/C16H12BrN3O4S/c1-25(22,23)11-6-4-5-10(9-11)15-19-20-16(24-15)18-14(21)12-7-2-3-8-13(12)17/h2-9H,1H3,(H,18,20,21). The van der Waals surface area contributed by atoms with Crippen molar-refractivity contribution in [2.45, 2.75) is 4.90 Å². The third-order valence-corrected chi connectivity index (χ3v) is 5.07. The predicted molar refractivity (Wildman–Crippen MR) is 94.9 cm³/mol. The summed E-state index contributed by atoms with van der Waals surface area (Å²) in [6, 6.07) is 13.0. The number of hydrogen-bond acceptors (Lipinski definition) is 6. The lowest BCUT2D eigenvalue weighted by Gasteiger charge is -2.02. The molecule has 0 atom stereocenters. The van der Waals surface area contributed by atoms with Crippen LogP contribution in [-0.2, 0) is 9.84 Å². The van der Waals surface area contributed by atoms with Crippen molar-refractivity contribution in [1.29, 1.82) is 0 Å². The minimum absolute atomic E-state index is 0.0829. The lowest BCUT2D eigenvalue weighted by atomic mass is 10.2. The van der Waals surface area contributed by atoms with E-state index >= 15 is 0 Å². The van der Waals surface area contributed by atoms with E-state index in [1.54, 1.807) is 36.4 Å². The van der Waals surface area contributed by atoms with Gasteiger partial charge in [0.05, 0.1) is 10.5 Å². The second-order valence-electron chi connectivity index (χ2n) is 5.15. The number of carbonyl (C=O) groups is 1. The summed E-state index contributed by atoms with van der Waals surface area (Å²) in [6.45, 7) is 0. The summed E-state index contributed by atoms with van der Waals surface area (Å²) in [5.74, 6) is -0.305. The maximum absolute atomic E-state index is 12.2. The fourth-order valence-corrected chi connectivity index (χ4v) is 3.19. The van der Waals surface area contributed by atoms with Gasteiger partial charge in [-0.15, -0.1) is 5.10 Å². The molecule has 1 aromatic heterocycles. The van der Waals surface area contributed by atoms with Gasteiger partial charge in [-0.25, -0.2) is 8.42 Å². The van der Waals surface area contributed by atoms with Crippen LogP contribution in [0.5, 0.6) is 0 Å². The first kappa shape index (κ1) is 17.3. The molecule has 9 heteroatoms. The molecule has 0 spiro atoms. The third kappa shape index (κ3) is 3.94. The Labute approximate surface area is 152 Å². The first-order chi connectivity index (χ1) is 11.8. The van der Waals surface area contributed by atoms with E-state index in [1.807, 2.05) is 0 Å².